The first-order chi connectivity index (χ1) is 14.6. The first-order valence-electron chi connectivity index (χ1n) is 10.1. The van der Waals surface area contributed by atoms with Gasteiger partial charge in [-0.15, -0.1) is 0 Å². The van der Waals surface area contributed by atoms with Crippen molar-refractivity contribution in [3.8, 4) is 5.75 Å². The van der Waals surface area contributed by atoms with Crippen molar-refractivity contribution in [2.24, 2.45) is 0 Å². The van der Waals surface area contributed by atoms with Crippen molar-refractivity contribution in [3.05, 3.63) is 83.2 Å². The average molecular weight is 402 g/mol. The minimum Gasteiger partial charge on any atom is -0.496 e. The zero-order valence-electron chi connectivity index (χ0n) is 17.3. The van der Waals surface area contributed by atoms with E-state index in [-0.39, 0.29) is 11.3 Å². The van der Waals surface area contributed by atoms with Crippen LogP contribution >= 0.6 is 0 Å². The van der Waals surface area contributed by atoms with Crippen molar-refractivity contribution >= 4 is 11.9 Å². The molecule has 30 heavy (non-hydrogen) atoms. The van der Waals surface area contributed by atoms with Gasteiger partial charge < -0.3 is 15.4 Å². The molecule has 0 saturated heterocycles. The van der Waals surface area contributed by atoms with Gasteiger partial charge in [-0.1, -0.05) is 42.5 Å². The summed E-state index contributed by atoms with van der Waals surface area (Å²) >= 11 is 0. The Kier molecular flexibility index (Phi) is 5.65. The molecule has 0 bridgehead atoms. The molecule has 1 amide bonds. The Morgan fingerprint density at radius 2 is 1.90 bits per heavy atom. The van der Waals surface area contributed by atoms with Gasteiger partial charge in [0.25, 0.3) is 5.91 Å². The first-order valence-corrected chi connectivity index (χ1v) is 10.1. The second kappa shape index (κ2) is 8.53. The van der Waals surface area contributed by atoms with Gasteiger partial charge in [0, 0.05) is 30.9 Å². The van der Waals surface area contributed by atoms with E-state index >= 15 is 0 Å². The number of aromatic nitrogens is 2. The fourth-order valence-corrected chi connectivity index (χ4v) is 4.21. The summed E-state index contributed by atoms with van der Waals surface area (Å²) in [5.74, 6) is 1.09. The van der Waals surface area contributed by atoms with Crippen LogP contribution in [0, 0.1) is 0 Å². The molecule has 0 saturated carbocycles. The molecule has 0 spiro atoms. The lowest BCUT2D eigenvalue weighted by Gasteiger charge is -2.38. The molecule has 1 aliphatic rings. The molecule has 1 aliphatic carbocycles. The number of carbonyl (C=O) groups is 1. The molecule has 1 aromatic heterocycles. The number of fused-ring (bicyclic) bond motifs is 1. The van der Waals surface area contributed by atoms with Crippen LogP contribution in [-0.4, -0.2) is 36.6 Å². The molecule has 6 nitrogen and oxygen atoms in total. The van der Waals surface area contributed by atoms with E-state index in [2.05, 4.69) is 44.9 Å². The highest BCUT2D eigenvalue weighted by Gasteiger charge is 2.37. The molecule has 0 aliphatic heterocycles. The van der Waals surface area contributed by atoms with Gasteiger partial charge in [0.15, 0.2) is 0 Å². The normalized spacial score (nSPS) is 17.7. The molecule has 1 heterocycles. The second-order valence-corrected chi connectivity index (χ2v) is 7.62. The molecule has 1 unspecified atom stereocenters. The number of para-hydroxylation sites is 1. The van der Waals surface area contributed by atoms with Crippen LogP contribution in [0.2, 0.25) is 0 Å². The predicted octanol–water partition coefficient (Wildman–Crippen LogP) is 3.38. The number of hydrogen-bond donors (Lipinski definition) is 2. The molecule has 1 atom stereocenters. The minimum atomic E-state index is -0.212. The standard InChI is InChI=1S/C24H26N4O2/c1-25-23-26-15-17-14-24(13-12-20(17)28-23,18-8-4-3-5-9-18)16-27-22(29)19-10-6-7-11-21(19)30-2/h3-11,15H,12-14,16H2,1-2H3,(H,27,29)(H,25,26,28). The number of hydrogen-bond acceptors (Lipinski definition) is 5. The molecule has 2 aromatic carbocycles. The van der Waals surface area contributed by atoms with E-state index in [9.17, 15) is 4.79 Å². The number of nitrogens with one attached hydrogen (secondary N) is 2. The van der Waals surface area contributed by atoms with Gasteiger partial charge in [-0.3, -0.25) is 4.79 Å². The lowest BCUT2D eigenvalue weighted by Crippen LogP contribution is -2.45. The van der Waals surface area contributed by atoms with Crippen molar-refractivity contribution in [2.45, 2.75) is 24.7 Å². The molecule has 0 fully saturated rings. The van der Waals surface area contributed by atoms with E-state index in [1.54, 1.807) is 19.2 Å². The van der Waals surface area contributed by atoms with Crippen molar-refractivity contribution in [1.29, 1.82) is 0 Å². The highest BCUT2D eigenvalue weighted by molar-refractivity contribution is 5.97. The summed E-state index contributed by atoms with van der Waals surface area (Å²) in [7, 11) is 3.40. The van der Waals surface area contributed by atoms with Gasteiger partial charge in [-0.25, -0.2) is 9.97 Å². The summed E-state index contributed by atoms with van der Waals surface area (Å²) in [5.41, 5.74) is 3.76. The second-order valence-electron chi connectivity index (χ2n) is 7.62. The van der Waals surface area contributed by atoms with E-state index < -0.39 is 0 Å². The van der Waals surface area contributed by atoms with Crippen LogP contribution in [0.5, 0.6) is 5.75 Å². The van der Waals surface area contributed by atoms with Gasteiger partial charge >= 0.3 is 0 Å². The maximum absolute atomic E-state index is 12.9. The third-order valence-electron chi connectivity index (χ3n) is 5.87. The fraction of sp³-hybridized carbons (Fsp3) is 0.292. The van der Waals surface area contributed by atoms with Gasteiger partial charge in [0.2, 0.25) is 5.95 Å². The van der Waals surface area contributed by atoms with Crippen LogP contribution in [0.25, 0.3) is 0 Å². The smallest absolute Gasteiger partial charge is 0.255 e. The highest BCUT2D eigenvalue weighted by atomic mass is 16.5. The Hall–Kier alpha value is -3.41. The summed E-state index contributed by atoms with van der Waals surface area (Å²) in [6.45, 7) is 0.529. The van der Waals surface area contributed by atoms with E-state index in [1.807, 2.05) is 31.4 Å². The largest absolute Gasteiger partial charge is 0.496 e. The van der Waals surface area contributed by atoms with Crippen molar-refractivity contribution in [1.82, 2.24) is 15.3 Å². The maximum Gasteiger partial charge on any atom is 0.255 e. The first kappa shape index (κ1) is 19.9. The molecule has 3 aromatic rings. The molecule has 0 radical (unpaired) electrons. The van der Waals surface area contributed by atoms with Gasteiger partial charge in [-0.2, -0.15) is 0 Å². The van der Waals surface area contributed by atoms with Crippen LogP contribution in [0.4, 0.5) is 5.95 Å². The topological polar surface area (TPSA) is 76.1 Å². The quantitative estimate of drug-likeness (QED) is 0.661. The lowest BCUT2D eigenvalue weighted by molar-refractivity contribution is 0.0937. The highest BCUT2D eigenvalue weighted by Crippen LogP contribution is 2.38. The summed E-state index contributed by atoms with van der Waals surface area (Å²) in [4.78, 5) is 22.0. The van der Waals surface area contributed by atoms with Crippen LogP contribution in [-0.2, 0) is 18.3 Å². The predicted molar refractivity (Wildman–Crippen MR) is 117 cm³/mol. The SMILES string of the molecule is CNc1ncc2c(n1)CCC(CNC(=O)c1ccccc1OC)(c1ccccc1)C2. The van der Waals surface area contributed by atoms with Gasteiger partial charge in [0.05, 0.1) is 12.7 Å². The number of ether oxygens (including phenoxy) is 1. The van der Waals surface area contributed by atoms with Crippen molar-refractivity contribution in [2.75, 3.05) is 26.0 Å². The number of aryl methyl sites for hydroxylation is 1. The third kappa shape index (κ3) is 3.85. The Morgan fingerprint density at radius 1 is 1.13 bits per heavy atom. The number of rotatable bonds is 6. The molecule has 4 rings (SSSR count). The molecular formula is C24H26N4O2. The number of carbonyl (C=O) groups excluding carboxylic acids is 1. The molecular weight excluding hydrogens is 376 g/mol. The molecule has 154 valence electrons. The lowest BCUT2D eigenvalue weighted by atomic mass is 9.68. The number of methoxy groups -OCH3 is 1. The summed E-state index contributed by atoms with van der Waals surface area (Å²) < 4.78 is 5.35. The van der Waals surface area contributed by atoms with Crippen molar-refractivity contribution in [3.63, 3.8) is 0 Å². The van der Waals surface area contributed by atoms with Crippen molar-refractivity contribution < 1.29 is 9.53 Å². The fourth-order valence-electron chi connectivity index (χ4n) is 4.21. The van der Waals surface area contributed by atoms with Gasteiger partial charge in [0.1, 0.15) is 5.75 Å². The summed E-state index contributed by atoms with van der Waals surface area (Å²) in [5, 5.41) is 6.17. The summed E-state index contributed by atoms with van der Waals surface area (Å²) in [6.07, 6.45) is 4.43. The Bertz CT molecular complexity index is 1040. The maximum atomic E-state index is 12.9. The Morgan fingerprint density at radius 3 is 2.67 bits per heavy atom. The zero-order chi connectivity index (χ0) is 21.0. The average Bonchev–Trinajstić information content (AvgIpc) is 2.82. The molecule has 6 heteroatoms. The minimum absolute atomic E-state index is 0.129. The van der Waals surface area contributed by atoms with E-state index in [1.165, 1.54) is 5.56 Å². The number of benzene rings is 2. The zero-order valence-corrected chi connectivity index (χ0v) is 17.3. The number of amides is 1. The number of anilines is 1. The Balaban J connectivity index is 1.62. The van der Waals surface area contributed by atoms with Crippen LogP contribution < -0.4 is 15.4 Å². The van der Waals surface area contributed by atoms with Crippen LogP contribution in [0.3, 0.4) is 0 Å². The van der Waals surface area contributed by atoms with Gasteiger partial charge in [-0.05, 0) is 42.5 Å². The summed E-state index contributed by atoms with van der Waals surface area (Å²) in [6, 6.07) is 17.7. The van der Waals surface area contributed by atoms with E-state index in [0.717, 1.165) is 30.5 Å². The van der Waals surface area contributed by atoms with Crippen LogP contribution in [0.1, 0.15) is 33.6 Å². The van der Waals surface area contributed by atoms with Crippen LogP contribution in [0.15, 0.2) is 60.8 Å². The molecule has 2 N–H and O–H groups in total. The van der Waals surface area contributed by atoms with E-state index in [4.69, 9.17) is 4.74 Å². The van der Waals surface area contributed by atoms with E-state index in [0.29, 0.717) is 23.8 Å². The number of nitrogens with zero attached hydrogens (tertiary/aromatic N) is 2. The third-order valence-corrected chi connectivity index (χ3v) is 5.87. The monoisotopic (exact) mass is 402 g/mol. The Labute approximate surface area is 176 Å².